The maximum atomic E-state index is 4.38. The van der Waals surface area contributed by atoms with Gasteiger partial charge in [0.25, 0.3) is 0 Å². The lowest BCUT2D eigenvalue weighted by Crippen LogP contribution is -1.97. The quantitative estimate of drug-likeness (QED) is 0.692. The van der Waals surface area contributed by atoms with Gasteiger partial charge in [0.1, 0.15) is 5.03 Å². The Morgan fingerprint density at radius 2 is 2.00 bits per heavy atom. The first kappa shape index (κ1) is 11.4. The lowest BCUT2D eigenvalue weighted by Gasteiger charge is -2.06. The minimum absolute atomic E-state index is 0.610. The molecule has 0 saturated heterocycles. The van der Waals surface area contributed by atoms with E-state index in [0.717, 1.165) is 15.2 Å². The number of aromatic nitrogens is 2. The SMILES string of the molecule is CSc1nc(Nc2ccccc2)ncc1Br. The second kappa shape index (κ2) is 5.32. The van der Waals surface area contributed by atoms with Crippen molar-refractivity contribution in [2.24, 2.45) is 0 Å². The fraction of sp³-hybridized carbons (Fsp3) is 0.0909. The molecule has 0 bridgehead atoms. The summed E-state index contributed by atoms with van der Waals surface area (Å²) in [5, 5.41) is 4.07. The number of rotatable bonds is 3. The molecule has 2 rings (SSSR count). The second-order valence-corrected chi connectivity index (χ2v) is 4.69. The molecule has 0 aliphatic carbocycles. The largest absolute Gasteiger partial charge is 0.324 e. The number of thioether (sulfide) groups is 1. The highest BCUT2D eigenvalue weighted by Gasteiger charge is 2.03. The van der Waals surface area contributed by atoms with Gasteiger partial charge in [-0.25, -0.2) is 9.97 Å². The Labute approximate surface area is 107 Å². The Hall–Kier alpha value is -1.07. The van der Waals surface area contributed by atoms with Gasteiger partial charge >= 0.3 is 0 Å². The maximum absolute atomic E-state index is 4.38. The van der Waals surface area contributed by atoms with E-state index in [9.17, 15) is 0 Å². The van der Waals surface area contributed by atoms with Crippen LogP contribution in [-0.4, -0.2) is 16.2 Å². The van der Waals surface area contributed by atoms with Crippen molar-refractivity contribution in [2.75, 3.05) is 11.6 Å². The molecule has 1 aromatic heterocycles. The summed E-state index contributed by atoms with van der Waals surface area (Å²) in [5.74, 6) is 0.610. The van der Waals surface area contributed by atoms with Crippen molar-refractivity contribution in [3.05, 3.63) is 41.0 Å². The molecule has 0 aliphatic rings. The van der Waals surface area contributed by atoms with Gasteiger partial charge in [0.2, 0.25) is 5.95 Å². The van der Waals surface area contributed by atoms with Gasteiger partial charge in [0, 0.05) is 11.9 Å². The summed E-state index contributed by atoms with van der Waals surface area (Å²) in [7, 11) is 0. The van der Waals surface area contributed by atoms with Crippen molar-refractivity contribution in [1.29, 1.82) is 0 Å². The van der Waals surface area contributed by atoms with Gasteiger partial charge in [-0.1, -0.05) is 18.2 Å². The van der Waals surface area contributed by atoms with Crippen LogP contribution in [0, 0.1) is 0 Å². The molecule has 16 heavy (non-hydrogen) atoms. The summed E-state index contributed by atoms with van der Waals surface area (Å²) in [4.78, 5) is 8.58. The summed E-state index contributed by atoms with van der Waals surface area (Å²) in [6.07, 6.45) is 3.74. The van der Waals surface area contributed by atoms with Crippen LogP contribution < -0.4 is 5.32 Å². The first-order chi connectivity index (χ1) is 7.79. The zero-order valence-corrected chi connectivity index (χ0v) is 11.0. The van der Waals surface area contributed by atoms with E-state index in [-0.39, 0.29) is 0 Å². The van der Waals surface area contributed by atoms with Gasteiger partial charge in [-0.3, -0.25) is 0 Å². The van der Waals surface area contributed by atoms with E-state index >= 15 is 0 Å². The average Bonchev–Trinajstić information content (AvgIpc) is 2.33. The molecule has 0 amide bonds. The zero-order valence-electron chi connectivity index (χ0n) is 8.64. The van der Waals surface area contributed by atoms with E-state index in [4.69, 9.17) is 0 Å². The minimum Gasteiger partial charge on any atom is -0.324 e. The molecule has 1 N–H and O–H groups in total. The summed E-state index contributed by atoms with van der Waals surface area (Å²) in [6.45, 7) is 0. The molecule has 0 aliphatic heterocycles. The first-order valence-corrected chi connectivity index (χ1v) is 6.70. The van der Waals surface area contributed by atoms with Crippen molar-refractivity contribution in [3.63, 3.8) is 0 Å². The predicted octanol–water partition coefficient (Wildman–Crippen LogP) is 3.70. The Morgan fingerprint density at radius 1 is 1.25 bits per heavy atom. The molecule has 1 aromatic carbocycles. The van der Waals surface area contributed by atoms with Crippen LogP contribution in [0.1, 0.15) is 0 Å². The molecule has 1 heterocycles. The molecular weight excluding hydrogens is 286 g/mol. The van der Waals surface area contributed by atoms with Gasteiger partial charge in [0.05, 0.1) is 4.47 Å². The van der Waals surface area contributed by atoms with Crippen LogP contribution in [0.2, 0.25) is 0 Å². The summed E-state index contributed by atoms with van der Waals surface area (Å²) < 4.78 is 0.915. The predicted molar refractivity (Wildman–Crippen MR) is 71.2 cm³/mol. The van der Waals surface area contributed by atoms with E-state index in [0.29, 0.717) is 5.95 Å². The molecule has 0 radical (unpaired) electrons. The van der Waals surface area contributed by atoms with Crippen molar-refractivity contribution in [2.45, 2.75) is 5.03 Å². The van der Waals surface area contributed by atoms with Crippen LogP contribution in [0.15, 0.2) is 46.0 Å². The van der Waals surface area contributed by atoms with E-state index in [2.05, 4.69) is 31.2 Å². The first-order valence-electron chi connectivity index (χ1n) is 4.68. The number of benzene rings is 1. The summed E-state index contributed by atoms with van der Waals surface area (Å²) in [5.41, 5.74) is 0.983. The number of nitrogens with one attached hydrogen (secondary N) is 1. The highest BCUT2D eigenvalue weighted by Crippen LogP contribution is 2.24. The highest BCUT2D eigenvalue weighted by atomic mass is 79.9. The monoisotopic (exact) mass is 295 g/mol. The van der Waals surface area contributed by atoms with Crippen molar-refractivity contribution < 1.29 is 0 Å². The van der Waals surface area contributed by atoms with Crippen LogP contribution in [0.25, 0.3) is 0 Å². The summed E-state index contributed by atoms with van der Waals surface area (Å²) in [6, 6.07) is 9.86. The topological polar surface area (TPSA) is 37.8 Å². The molecule has 82 valence electrons. The van der Waals surface area contributed by atoms with Gasteiger partial charge in [-0.2, -0.15) is 0 Å². The molecule has 0 unspecified atom stereocenters. The molecule has 3 nitrogen and oxygen atoms in total. The third kappa shape index (κ3) is 2.74. The molecule has 0 fully saturated rings. The van der Waals surface area contributed by atoms with Crippen molar-refractivity contribution in [1.82, 2.24) is 9.97 Å². The Bertz CT molecular complexity index is 476. The van der Waals surface area contributed by atoms with Crippen LogP contribution in [-0.2, 0) is 0 Å². The average molecular weight is 296 g/mol. The van der Waals surface area contributed by atoms with Gasteiger partial charge in [0.15, 0.2) is 0 Å². The van der Waals surface area contributed by atoms with Gasteiger partial charge in [-0.15, -0.1) is 11.8 Å². The number of hydrogen-bond acceptors (Lipinski definition) is 4. The zero-order chi connectivity index (χ0) is 11.4. The fourth-order valence-corrected chi connectivity index (χ4v) is 2.31. The minimum atomic E-state index is 0.610. The lowest BCUT2D eigenvalue weighted by atomic mass is 10.3. The normalized spacial score (nSPS) is 10.1. The van der Waals surface area contributed by atoms with Crippen LogP contribution >= 0.6 is 27.7 Å². The molecule has 0 saturated carbocycles. The summed E-state index contributed by atoms with van der Waals surface area (Å²) >= 11 is 4.98. The van der Waals surface area contributed by atoms with Crippen molar-refractivity contribution >= 4 is 39.3 Å². The highest BCUT2D eigenvalue weighted by molar-refractivity contribution is 9.10. The standard InChI is InChI=1S/C11H10BrN3S/c1-16-10-9(12)7-13-11(15-10)14-8-5-3-2-4-6-8/h2-7H,1H3,(H,13,14,15). The van der Waals surface area contributed by atoms with E-state index in [1.165, 1.54) is 0 Å². The van der Waals surface area contributed by atoms with Crippen LogP contribution in [0.5, 0.6) is 0 Å². The van der Waals surface area contributed by atoms with Gasteiger partial charge in [-0.05, 0) is 34.3 Å². The molecule has 2 aromatic rings. The molecule has 0 atom stereocenters. The number of nitrogens with zero attached hydrogens (tertiary/aromatic N) is 2. The van der Waals surface area contributed by atoms with Crippen LogP contribution in [0.3, 0.4) is 0 Å². The maximum Gasteiger partial charge on any atom is 0.228 e. The smallest absolute Gasteiger partial charge is 0.228 e. The van der Waals surface area contributed by atoms with Gasteiger partial charge < -0.3 is 5.32 Å². The third-order valence-corrected chi connectivity index (χ3v) is 3.48. The Morgan fingerprint density at radius 3 is 2.69 bits per heavy atom. The number of para-hydroxylation sites is 1. The van der Waals surface area contributed by atoms with Crippen molar-refractivity contribution in [3.8, 4) is 0 Å². The number of halogens is 1. The molecular formula is C11H10BrN3S. The van der Waals surface area contributed by atoms with E-state index < -0.39 is 0 Å². The third-order valence-electron chi connectivity index (χ3n) is 1.94. The fourth-order valence-electron chi connectivity index (χ4n) is 1.21. The Balaban J connectivity index is 2.22. The van der Waals surface area contributed by atoms with Crippen LogP contribution in [0.4, 0.5) is 11.6 Å². The van der Waals surface area contributed by atoms with E-state index in [1.54, 1.807) is 18.0 Å². The molecule has 0 spiro atoms. The van der Waals surface area contributed by atoms with E-state index in [1.807, 2.05) is 36.6 Å². The molecule has 5 heteroatoms. The second-order valence-electron chi connectivity index (χ2n) is 3.04. The lowest BCUT2D eigenvalue weighted by molar-refractivity contribution is 1.04. The number of anilines is 2. The number of hydrogen-bond donors (Lipinski definition) is 1. The Kier molecular flexibility index (Phi) is 3.79.